The minimum absolute atomic E-state index is 0.132. The van der Waals surface area contributed by atoms with Gasteiger partial charge in [-0.25, -0.2) is 0 Å². The van der Waals surface area contributed by atoms with Crippen LogP contribution in [0.1, 0.15) is 26.7 Å². The number of carbonyl (C=O) groups excluding carboxylic acids is 2. The fourth-order valence-electron chi connectivity index (χ4n) is 2.38. The van der Waals surface area contributed by atoms with E-state index in [4.69, 9.17) is 0 Å². The number of carbonyl (C=O) groups is 2. The molecule has 1 aliphatic heterocycles. The molecule has 1 aromatic rings. The number of anilines is 1. The van der Waals surface area contributed by atoms with Crippen LogP contribution in [0.3, 0.4) is 0 Å². The number of aromatic nitrogens is 2. The summed E-state index contributed by atoms with van der Waals surface area (Å²) in [6.45, 7) is 3.94. The highest BCUT2D eigenvalue weighted by Gasteiger charge is 2.34. The van der Waals surface area contributed by atoms with Gasteiger partial charge in [0, 0.05) is 25.3 Å². The average Bonchev–Trinajstić information content (AvgIpc) is 2.85. The summed E-state index contributed by atoms with van der Waals surface area (Å²) in [5.74, 6) is -1.06. The van der Waals surface area contributed by atoms with Gasteiger partial charge in [-0.15, -0.1) is 0 Å². The Balaban J connectivity index is 2.03. The Morgan fingerprint density at radius 3 is 2.44 bits per heavy atom. The summed E-state index contributed by atoms with van der Waals surface area (Å²) in [5, 5.41) is 6.50. The van der Waals surface area contributed by atoms with E-state index in [2.05, 4.69) is 10.4 Å². The number of hydrogen-bond donors (Lipinski definition) is 1. The van der Waals surface area contributed by atoms with Crippen LogP contribution in [-0.4, -0.2) is 38.6 Å². The van der Waals surface area contributed by atoms with Gasteiger partial charge in [0.2, 0.25) is 0 Å². The SMILES string of the molecule is C[C@H]1CC[C@H](C)N1C(=O)C(=O)Nc1cnn(C)c1. The molecule has 2 amide bonds. The van der Waals surface area contributed by atoms with Crippen molar-refractivity contribution in [1.82, 2.24) is 14.7 Å². The summed E-state index contributed by atoms with van der Waals surface area (Å²) < 4.78 is 1.57. The molecule has 0 spiro atoms. The van der Waals surface area contributed by atoms with E-state index >= 15 is 0 Å². The minimum Gasteiger partial charge on any atom is -0.329 e. The molecule has 0 radical (unpaired) electrons. The Morgan fingerprint density at radius 1 is 1.33 bits per heavy atom. The second-order valence-corrected chi connectivity index (χ2v) is 4.84. The molecule has 18 heavy (non-hydrogen) atoms. The fraction of sp³-hybridized carbons (Fsp3) is 0.583. The monoisotopic (exact) mass is 250 g/mol. The lowest BCUT2D eigenvalue weighted by Gasteiger charge is -2.25. The van der Waals surface area contributed by atoms with Gasteiger partial charge in [-0.2, -0.15) is 5.10 Å². The van der Waals surface area contributed by atoms with Gasteiger partial charge < -0.3 is 10.2 Å². The highest BCUT2D eigenvalue weighted by molar-refractivity contribution is 6.39. The number of rotatable bonds is 1. The zero-order valence-electron chi connectivity index (χ0n) is 10.9. The lowest BCUT2D eigenvalue weighted by molar-refractivity contribution is -0.144. The molecule has 1 aliphatic rings. The van der Waals surface area contributed by atoms with Crippen molar-refractivity contribution in [3.63, 3.8) is 0 Å². The summed E-state index contributed by atoms with van der Waals surface area (Å²) >= 11 is 0. The maximum absolute atomic E-state index is 12.1. The van der Waals surface area contributed by atoms with Gasteiger partial charge in [0.25, 0.3) is 0 Å². The third kappa shape index (κ3) is 2.37. The van der Waals surface area contributed by atoms with Crippen molar-refractivity contribution in [2.75, 3.05) is 5.32 Å². The molecule has 6 heteroatoms. The zero-order valence-corrected chi connectivity index (χ0v) is 10.9. The van der Waals surface area contributed by atoms with E-state index < -0.39 is 11.8 Å². The van der Waals surface area contributed by atoms with Gasteiger partial charge in [0.15, 0.2) is 0 Å². The molecule has 0 saturated carbocycles. The normalized spacial score (nSPS) is 23.2. The molecule has 2 atom stereocenters. The smallest absolute Gasteiger partial charge is 0.314 e. The van der Waals surface area contributed by atoms with Gasteiger partial charge in [0.1, 0.15) is 0 Å². The molecule has 0 aliphatic carbocycles. The molecule has 1 saturated heterocycles. The van der Waals surface area contributed by atoms with Gasteiger partial charge in [-0.3, -0.25) is 14.3 Å². The Hall–Kier alpha value is -1.85. The summed E-state index contributed by atoms with van der Waals surface area (Å²) in [5.41, 5.74) is 0.537. The molecule has 1 N–H and O–H groups in total. The van der Waals surface area contributed by atoms with Gasteiger partial charge >= 0.3 is 11.8 Å². The molecule has 98 valence electrons. The minimum atomic E-state index is -0.594. The maximum atomic E-state index is 12.1. The van der Waals surface area contributed by atoms with Crippen LogP contribution in [-0.2, 0) is 16.6 Å². The number of nitrogens with zero attached hydrogens (tertiary/aromatic N) is 3. The van der Waals surface area contributed by atoms with Gasteiger partial charge in [-0.05, 0) is 26.7 Å². The topological polar surface area (TPSA) is 67.2 Å². The molecule has 2 rings (SSSR count). The van der Waals surface area contributed by atoms with Crippen molar-refractivity contribution in [3.05, 3.63) is 12.4 Å². The first-order chi connectivity index (χ1) is 8.49. The van der Waals surface area contributed by atoms with E-state index in [-0.39, 0.29) is 12.1 Å². The van der Waals surface area contributed by atoms with Crippen LogP contribution in [0.15, 0.2) is 12.4 Å². The molecule has 1 aromatic heterocycles. The van der Waals surface area contributed by atoms with Crippen molar-refractivity contribution in [1.29, 1.82) is 0 Å². The fourth-order valence-corrected chi connectivity index (χ4v) is 2.38. The highest BCUT2D eigenvalue weighted by Crippen LogP contribution is 2.23. The molecule has 0 bridgehead atoms. The Labute approximate surface area is 106 Å². The van der Waals surface area contributed by atoms with Crippen LogP contribution in [0.5, 0.6) is 0 Å². The molecular weight excluding hydrogens is 232 g/mol. The van der Waals surface area contributed by atoms with Crippen LogP contribution >= 0.6 is 0 Å². The predicted octanol–water partition coefficient (Wildman–Crippen LogP) is 0.758. The maximum Gasteiger partial charge on any atom is 0.314 e. The third-order valence-corrected chi connectivity index (χ3v) is 3.34. The van der Waals surface area contributed by atoms with Crippen LogP contribution in [0.25, 0.3) is 0 Å². The molecular formula is C12H18N4O2. The van der Waals surface area contributed by atoms with Crippen molar-refractivity contribution < 1.29 is 9.59 Å². The third-order valence-electron chi connectivity index (χ3n) is 3.34. The highest BCUT2D eigenvalue weighted by atomic mass is 16.2. The first-order valence-corrected chi connectivity index (χ1v) is 6.11. The molecule has 0 unspecified atom stereocenters. The Morgan fingerprint density at radius 2 is 1.94 bits per heavy atom. The first kappa shape index (κ1) is 12.6. The summed E-state index contributed by atoms with van der Waals surface area (Å²) in [7, 11) is 1.75. The van der Waals surface area contributed by atoms with Crippen molar-refractivity contribution >= 4 is 17.5 Å². The predicted molar refractivity (Wildman–Crippen MR) is 66.8 cm³/mol. The second kappa shape index (κ2) is 4.80. The van der Waals surface area contributed by atoms with Crippen molar-refractivity contribution in [3.8, 4) is 0 Å². The molecule has 6 nitrogen and oxygen atoms in total. The summed E-state index contributed by atoms with van der Waals surface area (Å²) in [4.78, 5) is 25.6. The van der Waals surface area contributed by atoms with Crippen molar-refractivity contribution in [2.45, 2.75) is 38.8 Å². The number of hydrogen-bond acceptors (Lipinski definition) is 3. The average molecular weight is 250 g/mol. The lowest BCUT2D eigenvalue weighted by Crippen LogP contribution is -2.44. The first-order valence-electron chi connectivity index (χ1n) is 6.11. The standard InChI is InChI=1S/C12H18N4O2/c1-8-4-5-9(2)16(8)12(18)11(17)14-10-6-13-15(3)7-10/h6-9H,4-5H2,1-3H3,(H,14,17)/t8-,9-/m0/s1. The molecule has 2 heterocycles. The van der Waals surface area contributed by atoms with E-state index in [1.165, 1.54) is 6.20 Å². The Kier molecular flexibility index (Phi) is 3.36. The largest absolute Gasteiger partial charge is 0.329 e. The summed E-state index contributed by atoms with van der Waals surface area (Å²) in [6, 6.07) is 0.263. The van der Waals surface area contributed by atoms with Crippen LogP contribution in [0.2, 0.25) is 0 Å². The van der Waals surface area contributed by atoms with E-state index in [0.29, 0.717) is 5.69 Å². The second-order valence-electron chi connectivity index (χ2n) is 4.84. The molecule has 1 fully saturated rings. The quantitative estimate of drug-likeness (QED) is 0.748. The number of aryl methyl sites for hydroxylation is 1. The van der Waals surface area contributed by atoms with Gasteiger partial charge in [-0.1, -0.05) is 0 Å². The summed E-state index contributed by atoms with van der Waals surface area (Å²) in [6.07, 6.45) is 5.07. The Bertz CT molecular complexity index is 458. The number of nitrogens with one attached hydrogen (secondary N) is 1. The van der Waals surface area contributed by atoms with E-state index in [0.717, 1.165) is 12.8 Å². The van der Waals surface area contributed by atoms with Crippen LogP contribution < -0.4 is 5.32 Å². The van der Waals surface area contributed by atoms with E-state index in [1.807, 2.05) is 13.8 Å². The number of amides is 2. The van der Waals surface area contributed by atoms with Gasteiger partial charge in [0.05, 0.1) is 11.9 Å². The van der Waals surface area contributed by atoms with Crippen LogP contribution in [0.4, 0.5) is 5.69 Å². The molecule has 0 aromatic carbocycles. The zero-order chi connectivity index (χ0) is 13.3. The van der Waals surface area contributed by atoms with Crippen LogP contribution in [0, 0.1) is 0 Å². The lowest BCUT2D eigenvalue weighted by atomic mass is 10.2. The van der Waals surface area contributed by atoms with E-state index in [1.54, 1.807) is 22.8 Å². The number of likely N-dealkylation sites (tertiary alicyclic amines) is 1. The van der Waals surface area contributed by atoms with Crippen molar-refractivity contribution in [2.24, 2.45) is 7.05 Å². The van der Waals surface area contributed by atoms with E-state index in [9.17, 15) is 9.59 Å².